The Bertz CT molecular complexity index is 175. The highest BCUT2D eigenvalue weighted by Crippen LogP contribution is 2.43. The highest BCUT2D eigenvalue weighted by Gasteiger charge is 2.33. The third-order valence-corrected chi connectivity index (χ3v) is 1.90. The predicted molar refractivity (Wildman–Crippen MR) is 41.4 cm³/mol. The lowest BCUT2D eigenvalue weighted by atomic mass is 9.85. The van der Waals surface area contributed by atoms with Gasteiger partial charge in [-0.1, -0.05) is 20.8 Å². The Labute approximate surface area is 62.1 Å². The van der Waals surface area contributed by atoms with Crippen LogP contribution in [0.15, 0.2) is 5.57 Å². The number of hydrogen-bond acceptors (Lipinski definition) is 1. The summed E-state index contributed by atoms with van der Waals surface area (Å²) in [7, 11) is 0. The van der Waals surface area contributed by atoms with Gasteiger partial charge in [-0.25, -0.2) is 4.79 Å². The van der Waals surface area contributed by atoms with E-state index in [2.05, 4.69) is 26.7 Å². The third-order valence-electron chi connectivity index (χ3n) is 1.90. The first kappa shape index (κ1) is 7.56. The molecule has 0 bridgehead atoms. The largest absolute Gasteiger partial charge is 0.234 e. The Morgan fingerprint density at radius 2 is 1.90 bits per heavy atom. The Balaban J connectivity index is 2.75. The van der Waals surface area contributed by atoms with E-state index < -0.39 is 0 Å². The van der Waals surface area contributed by atoms with Crippen molar-refractivity contribution < 1.29 is 4.79 Å². The minimum Gasteiger partial charge on any atom is -0.234 e. The summed E-state index contributed by atoms with van der Waals surface area (Å²) in [6.45, 7) is 6.22. The van der Waals surface area contributed by atoms with Gasteiger partial charge in [0.2, 0.25) is 0 Å². The fourth-order valence-electron chi connectivity index (χ4n) is 1.22. The van der Waals surface area contributed by atoms with Crippen molar-refractivity contribution in [3.8, 4) is 0 Å². The van der Waals surface area contributed by atoms with Crippen molar-refractivity contribution in [2.45, 2.75) is 33.6 Å². The van der Waals surface area contributed by atoms with Crippen molar-refractivity contribution in [3.05, 3.63) is 5.57 Å². The van der Waals surface area contributed by atoms with E-state index in [9.17, 15) is 4.79 Å². The maximum absolute atomic E-state index is 10.5. The van der Waals surface area contributed by atoms with Gasteiger partial charge in [0.25, 0.3) is 0 Å². The van der Waals surface area contributed by atoms with Crippen LogP contribution in [0.2, 0.25) is 0 Å². The third kappa shape index (κ3) is 1.48. The SMILES string of the molecule is CC(C)(C)C(=C=O)C1CC1. The van der Waals surface area contributed by atoms with Crippen molar-refractivity contribution in [2.75, 3.05) is 0 Å². The van der Waals surface area contributed by atoms with Gasteiger partial charge in [-0.3, -0.25) is 0 Å². The second kappa shape index (κ2) is 2.25. The van der Waals surface area contributed by atoms with E-state index >= 15 is 0 Å². The lowest BCUT2D eigenvalue weighted by Gasteiger charge is -2.18. The van der Waals surface area contributed by atoms with Gasteiger partial charge in [0, 0.05) is 5.57 Å². The van der Waals surface area contributed by atoms with E-state index in [0.717, 1.165) is 5.57 Å². The first-order valence-electron chi connectivity index (χ1n) is 3.81. The van der Waals surface area contributed by atoms with Crippen molar-refractivity contribution in [2.24, 2.45) is 11.3 Å². The molecule has 0 spiro atoms. The maximum atomic E-state index is 10.5. The molecule has 0 atom stereocenters. The van der Waals surface area contributed by atoms with E-state index in [1.165, 1.54) is 12.8 Å². The molecule has 0 unspecified atom stereocenters. The minimum atomic E-state index is 0.0446. The molecule has 0 N–H and O–H groups in total. The molecule has 56 valence electrons. The average molecular weight is 138 g/mol. The molecule has 1 rings (SSSR count). The normalized spacial score (nSPS) is 18.3. The first-order chi connectivity index (χ1) is 4.55. The molecule has 1 aliphatic rings. The van der Waals surface area contributed by atoms with Crippen LogP contribution in [-0.2, 0) is 4.79 Å². The molecule has 1 saturated carbocycles. The van der Waals surface area contributed by atoms with Gasteiger partial charge in [0.1, 0.15) is 5.94 Å². The molecule has 0 aromatic rings. The van der Waals surface area contributed by atoms with Crippen LogP contribution in [0.3, 0.4) is 0 Å². The highest BCUT2D eigenvalue weighted by atomic mass is 16.1. The Kier molecular flexibility index (Phi) is 1.70. The minimum absolute atomic E-state index is 0.0446. The molecule has 1 heteroatoms. The van der Waals surface area contributed by atoms with Crippen LogP contribution in [-0.4, -0.2) is 5.94 Å². The van der Waals surface area contributed by atoms with Gasteiger partial charge in [-0.2, -0.15) is 0 Å². The van der Waals surface area contributed by atoms with Crippen molar-refractivity contribution >= 4 is 5.94 Å². The van der Waals surface area contributed by atoms with Crippen LogP contribution in [0.25, 0.3) is 0 Å². The number of carbonyl (C=O) groups excluding carboxylic acids is 1. The summed E-state index contributed by atoms with van der Waals surface area (Å²) in [5.41, 5.74) is 1.02. The molecule has 0 aromatic carbocycles. The molecule has 1 aliphatic carbocycles. The lowest BCUT2D eigenvalue weighted by Crippen LogP contribution is -2.11. The average Bonchev–Trinajstić information content (AvgIpc) is 2.46. The number of rotatable bonds is 1. The molecule has 10 heavy (non-hydrogen) atoms. The van der Waals surface area contributed by atoms with E-state index in [1.807, 2.05) is 0 Å². The van der Waals surface area contributed by atoms with Crippen LogP contribution in [0.1, 0.15) is 33.6 Å². The molecule has 0 heterocycles. The molecule has 0 saturated heterocycles. The summed E-state index contributed by atoms with van der Waals surface area (Å²) in [6.07, 6.45) is 2.39. The Hall–Kier alpha value is -0.550. The van der Waals surface area contributed by atoms with Crippen LogP contribution in [0.4, 0.5) is 0 Å². The van der Waals surface area contributed by atoms with Crippen LogP contribution in [0, 0.1) is 11.3 Å². The summed E-state index contributed by atoms with van der Waals surface area (Å²) in [5.74, 6) is 2.64. The first-order valence-corrected chi connectivity index (χ1v) is 3.81. The van der Waals surface area contributed by atoms with Gasteiger partial charge < -0.3 is 0 Å². The predicted octanol–water partition coefficient (Wildman–Crippen LogP) is 2.20. The second-order valence-corrected chi connectivity index (χ2v) is 4.04. The van der Waals surface area contributed by atoms with Gasteiger partial charge in [-0.15, -0.1) is 0 Å². The van der Waals surface area contributed by atoms with Crippen molar-refractivity contribution in [3.63, 3.8) is 0 Å². The summed E-state index contributed by atoms with van der Waals surface area (Å²) in [6, 6.07) is 0. The van der Waals surface area contributed by atoms with Gasteiger partial charge in [0.15, 0.2) is 0 Å². The Morgan fingerprint density at radius 1 is 1.40 bits per heavy atom. The van der Waals surface area contributed by atoms with Gasteiger partial charge >= 0.3 is 0 Å². The van der Waals surface area contributed by atoms with Crippen molar-refractivity contribution in [1.29, 1.82) is 0 Å². The standard InChI is InChI=1S/C9H14O/c1-9(2,3)8(6-10)7-4-5-7/h7H,4-5H2,1-3H3. The maximum Gasteiger partial charge on any atom is 0.124 e. The number of allylic oxidation sites excluding steroid dienone is 1. The van der Waals surface area contributed by atoms with E-state index in [-0.39, 0.29) is 5.41 Å². The quantitative estimate of drug-likeness (QED) is 0.508. The highest BCUT2D eigenvalue weighted by molar-refractivity contribution is 5.56. The van der Waals surface area contributed by atoms with E-state index in [1.54, 1.807) is 0 Å². The van der Waals surface area contributed by atoms with Gasteiger partial charge in [0.05, 0.1) is 0 Å². The van der Waals surface area contributed by atoms with Crippen molar-refractivity contribution in [1.82, 2.24) is 0 Å². The summed E-state index contributed by atoms with van der Waals surface area (Å²) < 4.78 is 0. The van der Waals surface area contributed by atoms with E-state index in [0.29, 0.717) is 5.92 Å². The Morgan fingerprint density at radius 3 is 2.00 bits per heavy atom. The molecule has 1 fully saturated rings. The van der Waals surface area contributed by atoms with E-state index in [4.69, 9.17) is 0 Å². The molecule has 0 radical (unpaired) electrons. The number of hydrogen-bond donors (Lipinski definition) is 0. The summed E-state index contributed by atoms with van der Waals surface area (Å²) in [5, 5.41) is 0. The molecule has 0 aliphatic heterocycles. The fourth-order valence-corrected chi connectivity index (χ4v) is 1.22. The molecular weight excluding hydrogens is 124 g/mol. The molecule has 1 nitrogen and oxygen atoms in total. The monoisotopic (exact) mass is 138 g/mol. The zero-order chi connectivity index (χ0) is 7.78. The lowest BCUT2D eigenvalue weighted by molar-refractivity contribution is 0.472. The molecule has 0 aromatic heterocycles. The molecule has 0 amide bonds. The fraction of sp³-hybridized carbons (Fsp3) is 0.778. The second-order valence-electron chi connectivity index (χ2n) is 4.04. The smallest absolute Gasteiger partial charge is 0.124 e. The zero-order valence-corrected chi connectivity index (χ0v) is 6.90. The zero-order valence-electron chi connectivity index (χ0n) is 6.90. The van der Waals surface area contributed by atoms with Crippen LogP contribution >= 0.6 is 0 Å². The van der Waals surface area contributed by atoms with Crippen LogP contribution in [0.5, 0.6) is 0 Å². The summed E-state index contributed by atoms with van der Waals surface area (Å²) in [4.78, 5) is 10.5. The summed E-state index contributed by atoms with van der Waals surface area (Å²) >= 11 is 0. The van der Waals surface area contributed by atoms with Crippen LogP contribution < -0.4 is 0 Å². The topological polar surface area (TPSA) is 17.1 Å². The van der Waals surface area contributed by atoms with Gasteiger partial charge in [-0.05, 0) is 24.2 Å². The molecular formula is C9H14O.